The minimum atomic E-state index is -0.243. The molecule has 1 heterocycles. The van der Waals surface area contributed by atoms with E-state index >= 15 is 0 Å². The summed E-state index contributed by atoms with van der Waals surface area (Å²) in [5.41, 5.74) is 5.14. The number of hydrogen-bond acceptors (Lipinski definition) is 4. The summed E-state index contributed by atoms with van der Waals surface area (Å²) in [6.07, 6.45) is 4.16. The van der Waals surface area contributed by atoms with Gasteiger partial charge in [0.05, 0.1) is 0 Å². The summed E-state index contributed by atoms with van der Waals surface area (Å²) in [6, 6.07) is 0.149. The molecule has 1 rings (SSSR count). The lowest BCUT2D eigenvalue weighted by molar-refractivity contribution is 0.383. The molecule has 1 unspecified atom stereocenters. The maximum atomic E-state index is 12.2. The van der Waals surface area contributed by atoms with Crippen molar-refractivity contribution in [3.8, 4) is 0 Å². The monoisotopic (exact) mass is 238 g/mol. The molecule has 17 heavy (non-hydrogen) atoms. The molecule has 0 aliphatic heterocycles. The molecule has 3 N–H and O–H groups in total. The Morgan fingerprint density at radius 3 is 2.71 bits per heavy atom. The number of nitrogens with one attached hydrogen (secondary N) is 1. The first-order chi connectivity index (χ1) is 7.86. The Morgan fingerprint density at radius 2 is 2.18 bits per heavy atom. The second kappa shape index (κ2) is 5.31. The zero-order valence-corrected chi connectivity index (χ0v) is 11.0. The Labute approximate surface area is 102 Å². The average molecular weight is 238 g/mol. The van der Waals surface area contributed by atoms with E-state index in [2.05, 4.69) is 10.3 Å². The SMILES string of the molecule is CC(CCN)Nc1nccn(C(C)(C)C)c1=O. The summed E-state index contributed by atoms with van der Waals surface area (Å²) in [7, 11) is 0. The van der Waals surface area contributed by atoms with E-state index in [-0.39, 0.29) is 17.1 Å². The molecule has 0 amide bonds. The third-order valence-corrected chi connectivity index (χ3v) is 2.55. The van der Waals surface area contributed by atoms with E-state index < -0.39 is 0 Å². The Kier molecular flexibility index (Phi) is 4.28. The van der Waals surface area contributed by atoms with Crippen LogP contribution in [0.15, 0.2) is 17.2 Å². The van der Waals surface area contributed by atoms with Gasteiger partial charge in [-0.25, -0.2) is 4.98 Å². The molecule has 1 atom stereocenters. The van der Waals surface area contributed by atoms with E-state index in [1.807, 2.05) is 27.7 Å². The molecule has 1 aromatic heterocycles. The maximum absolute atomic E-state index is 12.2. The van der Waals surface area contributed by atoms with Gasteiger partial charge in [-0.3, -0.25) is 4.79 Å². The number of hydrogen-bond donors (Lipinski definition) is 2. The highest BCUT2D eigenvalue weighted by molar-refractivity contribution is 5.32. The van der Waals surface area contributed by atoms with Crippen LogP contribution in [-0.4, -0.2) is 22.1 Å². The minimum absolute atomic E-state index is 0.0936. The Bertz CT molecular complexity index is 419. The van der Waals surface area contributed by atoms with Crippen LogP contribution in [0.5, 0.6) is 0 Å². The van der Waals surface area contributed by atoms with E-state index in [4.69, 9.17) is 5.73 Å². The van der Waals surface area contributed by atoms with Gasteiger partial charge in [0.25, 0.3) is 5.56 Å². The Balaban J connectivity index is 3.00. The first-order valence-electron chi connectivity index (χ1n) is 5.91. The summed E-state index contributed by atoms with van der Waals surface area (Å²) in [6.45, 7) is 8.54. The predicted molar refractivity (Wildman–Crippen MR) is 70.2 cm³/mol. The van der Waals surface area contributed by atoms with Gasteiger partial charge in [-0.2, -0.15) is 0 Å². The third-order valence-electron chi connectivity index (χ3n) is 2.55. The standard InChI is InChI=1S/C12H22N4O/c1-9(5-6-13)15-10-11(17)16(8-7-14-10)12(2,3)4/h7-9H,5-6,13H2,1-4H3,(H,14,15). The first-order valence-corrected chi connectivity index (χ1v) is 5.91. The van der Waals surface area contributed by atoms with Crippen LogP contribution >= 0.6 is 0 Å². The molecular formula is C12H22N4O. The molecular weight excluding hydrogens is 216 g/mol. The van der Waals surface area contributed by atoms with Crippen molar-refractivity contribution in [1.82, 2.24) is 9.55 Å². The third kappa shape index (κ3) is 3.56. The molecule has 0 saturated carbocycles. The van der Waals surface area contributed by atoms with Crippen LogP contribution in [0.25, 0.3) is 0 Å². The highest BCUT2D eigenvalue weighted by atomic mass is 16.1. The van der Waals surface area contributed by atoms with Gasteiger partial charge in [0.1, 0.15) is 0 Å². The molecule has 1 aromatic rings. The quantitative estimate of drug-likeness (QED) is 0.825. The fourth-order valence-corrected chi connectivity index (χ4v) is 1.59. The minimum Gasteiger partial charge on any atom is -0.363 e. The van der Waals surface area contributed by atoms with Crippen molar-refractivity contribution >= 4 is 5.82 Å². The van der Waals surface area contributed by atoms with Gasteiger partial charge in [0, 0.05) is 24.0 Å². The van der Waals surface area contributed by atoms with E-state index in [0.717, 1.165) is 6.42 Å². The zero-order chi connectivity index (χ0) is 13.1. The van der Waals surface area contributed by atoms with Crippen molar-refractivity contribution in [3.63, 3.8) is 0 Å². The van der Waals surface area contributed by atoms with E-state index in [9.17, 15) is 4.79 Å². The number of nitrogens with two attached hydrogens (primary N) is 1. The van der Waals surface area contributed by atoms with Crippen LogP contribution in [0.2, 0.25) is 0 Å². The smallest absolute Gasteiger partial charge is 0.293 e. The van der Waals surface area contributed by atoms with Gasteiger partial charge in [-0.05, 0) is 40.7 Å². The summed E-state index contributed by atoms with van der Waals surface area (Å²) in [5.74, 6) is 0.392. The molecule has 0 bridgehead atoms. The lowest BCUT2D eigenvalue weighted by atomic mass is 10.1. The topological polar surface area (TPSA) is 72.9 Å². The summed E-state index contributed by atoms with van der Waals surface area (Å²) < 4.78 is 1.68. The molecule has 0 spiro atoms. The van der Waals surface area contributed by atoms with Crippen molar-refractivity contribution < 1.29 is 0 Å². The highest BCUT2D eigenvalue weighted by Crippen LogP contribution is 2.11. The second-order valence-corrected chi connectivity index (χ2v) is 5.24. The number of anilines is 1. The summed E-state index contributed by atoms with van der Waals surface area (Å²) in [4.78, 5) is 16.3. The van der Waals surface area contributed by atoms with Crippen molar-refractivity contribution in [3.05, 3.63) is 22.7 Å². The van der Waals surface area contributed by atoms with Gasteiger partial charge in [0.2, 0.25) is 0 Å². The van der Waals surface area contributed by atoms with E-state index in [1.165, 1.54) is 0 Å². The normalized spacial score (nSPS) is 13.5. The van der Waals surface area contributed by atoms with Gasteiger partial charge < -0.3 is 15.6 Å². The Hall–Kier alpha value is -1.36. The van der Waals surface area contributed by atoms with Crippen LogP contribution in [0.1, 0.15) is 34.1 Å². The molecule has 0 aromatic carbocycles. The summed E-state index contributed by atoms with van der Waals surface area (Å²) >= 11 is 0. The molecule has 0 aliphatic carbocycles. The van der Waals surface area contributed by atoms with Crippen LogP contribution < -0.4 is 16.6 Å². The predicted octanol–water partition coefficient (Wildman–Crippen LogP) is 1.15. The number of aromatic nitrogens is 2. The molecule has 96 valence electrons. The van der Waals surface area contributed by atoms with Crippen LogP contribution in [0.4, 0.5) is 5.82 Å². The van der Waals surface area contributed by atoms with Crippen molar-refractivity contribution in [2.24, 2.45) is 5.73 Å². The highest BCUT2D eigenvalue weighted by Gasteiger charge is 2.17. The van der Waals surface area contributed by atoms with E-state index in [1.54, 1.807) is 17.0 Å². The number of nitrogens with zero attached hydrogens (tertiary/aromatic N) is 2. The van der Waals surface area contributed by atoms with Gasteiger partial charge in [0.15, 0.2) is 5.82 Å². The lowest BCUT2D eigenvalue weighted by Crippen LogP contribution is -2.36. The van der Waals surface area contributed by atoms with Crippen LogP contribution in [0, 0.1) is 0 Å². The molecule has 0 radical (unpaired) electrons. The van der Waals surface area contributed by atoms with Gasteiger partial charge in [-0.1, -0.05) is 0 Å². The molecule has 5 heteroatoms. The molecule has 0 saturated heterocycles. The molecule has 0 fully saturated rings. The number of rotatable bonds is 4. The van der Waals surface area contributed by atoms with Crippen LogP contribution in [-0.2, 0) is 5.54 Å². The van der Waals surface area contributed by atoms with Gasteiger partial charge >= 0.3 is 0 Å². The van der Waals surface area contributed by atoms with Crippen molar-refractivity contribution in [2.45, 2.75) is 45.7 Å². The lowest BCUT2D eigenvalue weighted by Gasteiger charge is -2.23. The Morgan fingerprint density at radius 1 is 1.53 bits per heavy atom. The van der Waals surface area contributed by atoms with Crippen molar-refractivity contribution in [1.29, 1.82) is 0 Å². The van der Waals surface area contributed by atoms with Gasteiger partial charge in [-0.15, -0.1) is 0 Å². The zero-order valence-electron chi connectivity index (χ0n) is 11.0. The fraction of sp³-hybridized carbons (Fsp3) is 0.667. The largest absolute Gasteiger partial charge is 0.363 e. The molecule has 5 nitrogen and oxygen atoms in total. The van der Waals surface area contributed by atoms with E-state index in [0.29, 0.717) is 12.4 Å². The second-order valence-electron chi connectivity index (χ2n) is 5.24. The van der Waals surface area contributed by atoms with Crippen LogP contribution in [0.3, 0.4) is 0 Å². The average Bonchev–Trinajstić information content (AvgIpc) is 2.19. The fourth-order valence-electron chi connectivity index (χ4n) is 1.59. The van der Waals surface area contributed by atoms with Crippen molar-refractivity contribution in [2.75, 3.05) is 11.9 Å². The first kappa shape index (κ1) is 13.7. The molecule has 0 aliphatic rings. The summed E-state index contributed by atoms with van der Waals surface area (Å²) in [5, 5.41) is 3.10. The maximum Gasteiger partial charge on any atom is 0.293 e.